The molecule has 0 aromatic carbocycles. The summed E-state index contributed by atoms with van der Waals surface area (Å²) in [4.78, 5) is 4.58. The van der Waals surface area contributed by atoms with Gasteiger partial charge in [-0.15, -0.1) is 11.3 Å². The van der Waals surface area contributed by atoms with Gasteiger partial charge in [0.1, 0.15) is 17.2 Å². The lowest BCUT2D eigenvalue weighted by Crippen LogP contribution is -1.96. The highest BCUT2D eigenvalue weighted by Gasteiger charge is 2.27. The van der Waals surface area contributed by atoms with E-state index in [1.807, 2.05) is 13.1 Å². The highest BCUT2D eigenvalue weighted by Crippen LogP contribution is 2.42. The molecule has 3 rings (SSSR count). The Morgan fingerprint density at radius 3 is 2.87 bits per heavy atom. The second-order valence-electron chi connectivity index (χ2n) is 3.92. The monoisotopic (exact) mass is 220 g/mol. The topological polar surface area (TPSA) is 56.7 Å². The molecular formula is C10H12N4S. The van der Waals surface area contributed by atoms with Gasteiger partial charge in [0.15, 0.2) is 0 Å². The third-order valence-electron chi connectivity index (χ3n) is 2.63. The maximum Gasteiger partial charge on any atom is 0.122 e. The fourth-order valence-corrected chi connectivity index (χ4v) is 2.51. The van der Waals surface area contributed by atoms with Crippen LogP contribution in [0.1, 0.15) is 23.8 Å². The van der Waals surface area contributed by atoms with E-state index in [4.69, 9.17) is 5.73 Å². The number of nitrogens with zero attached hydrogens (tertiary/aromatic N) is 3. The summed E-state index contributed by atoms with van der Waals surface area (Å²) in [6.45, 7) is 0. The van der Waals surface area contributed by atoms with Gasteiger partial charge in [0.25, 0.3) is 0 Å². The maximum atomic E-state index is 5.73. The molecule has 4 nitrogen and oxygen atoms in total. The molecule has 0 aliphatic heterocycles. The normalized spacial score (nSPS) is 15.8. The number of rotatable bonds is 2. The van der Waals surface area contributed by atoms with Crippen LogP contribution in [0, 0.1) is 0 Å². The second-order valence-corrected chi connectivity index (χ2v) is 4.81. The van der Waals surface area contributed by atoms with Crippen molar-refractivity contribution < 1.29 is 0 Å². The molecule has 0 spiro atoms. The summed E-state index contributed by atoms with van der Waals surface area (Å²) >= 11 is 1.73. The number of nitrogen functional groups attached to an aromatic ring is 1. The van der Waals surface area contributed by atoms with Gasteiger partial charge in [-0.3, -0.25) is 4.68 Å². The molecule has 1 aliphatic carbocycles. The summed E-state index contributed by atoms with van der Waals surface area (Å²) in [6.07, 6.45) is 2.58. The fourth-order valence-electron chi connectivity index (χ4n) is 1.53. The Balaban J connectivity index is 1.97. The van der Waals surface area contributed by atoms with Crippen molar-refractivity contribution >= 4 is 17.2 Å². The van der Waals surface area contributed by atoms with Crippen LogP contribution in [0.15, 0.2) is 11.4 Å². The van der Waals surface area contributed by atoms with Crippen LogP contribution in [0.5, 0.6) is 0 Å². The van der Waals surface area contributed by atoms with Crippen molar-refractivity contribution in [2.45, 2.75) is 18.8 Å². The van der Waals surface area contributed by atoms with Crippen LogP contribution >= 0.6 is 11.3 Å². The van der Waals surface area contributed by atoms with Gasteiger partial charge in [-0.2, -0.15) is 5.10 Å². The van der Waals surface area contributed by atoms with E-state index in [0.717, 1.165) is 11.4 Å². The van der Waals surface area contributed by atoms with Crippen LogP contribution in [0.25, 0.3) is 11.4 Å². The molecule has 15 heavy (non-hydrogen) atoms. The molecule has 0 amide bonds. The number of aryl methyl sites for hydroxylation is 1. The molecule has 5 heteroatoms. The zero-order chi connectivity index (χ0) is 10.4. The first-order valence-electron chi connectivity index (χ1n) is 4.99. The van der Waals surface area contributed by atoms with Crippen LogP contribution < -0.4 is 5.73 Å². The van der Waals surface area contributed by atoms with Crippen molar-refractivity contribution in [3.05, 3.63) is 16.5 Å². The first-order valence-corrected chi connectivity index (χ1v) is 5.87. The SMILES string of the molecule is Cn1nc(-c2csc(C3CC3)n2)cc1N. The highest BCUT2D eigenvalue weighted by atomic mass is 32.1. The summed E-state index contributed by atoms with van der Waals surface area (Å²) < 4.78 is 1.67. The number of nitrogens with two attached hydrogens (primary N) is 1. The van der Waals surface area contributed by atoms with Crippen molar-refractivity contribution in [2.75, 3.05) is 5.73 Å². The summed E-state index contributed by atoms with van der Waals surface area (Å²) in [6, 6.07) is 1.87. The quantitative estimate of drug-likeness (QED) is 0.842. The smallest absolute Gasteiger partial charge is 0.122 e. The molecule has 0 radical (unpaired) electrons. The van der Waals surface area contributed by atoms with Crippen molar-refractivity contribution in [1.82, 2.24) is 14.8 Å². The Morgan fingerprint density at radius 1 is 1.47 bits per heavy atom. The average Bonchev–Trinajstić information content (AvgIpc) is 2.85. The molecule has 2 N–H and O–H groups in total. The van der Waals surface area contributed by atoms with Gasteiger partial charge in [-0.1, -0.05) is 0 Å². The zero-order valence-electron chi connectivity index (χ0n) is 8.47. The third-order valence-corrected chi connectivity index (χ3v) is 3.63. The maximum absolute atomic E-state index is 5.73. The minimum Gasteiger partial charge on any atom is -0.384 e. The van der Waals surface area contributed by atoms with E-state index >= 15 is 0 Å². The predicted molar refractivity (Wildman–Crippen MR) is 60.7 cm³/mol. The Hall–Kier alpha value is -1.36. The van der Waals surface area contributed by atoms with Crippen molar-refractivity contribution in [3.63, 3.8) is 0 Å². The predicted octanol–water partition coefficient (Wildman–Crippen LogP) is 2.00. The Morgan fingerprint density at radius 2 is 2.27 bits per heavy atom. The molecule has 0 bridgehead atoms. The molecule has 78 valence electrons. The molecule has 2 aromatic rings. The van der Waals surface area contributed by atoms with E-state index in [-0.39, 0.29) is 0 Å². The van der Waals surface area contributed by atoms with Gasteiger partial charge in [0.2, 0.25) is 0 Å². The molecule has 1 aliphatic rings. The highest BCUT2D eigenvalue weighted by molar-refractivity contribution is 7.10. The minimum atomic E-state index is 0.672. The number of thiazole rings is 1. The largest absolute Gasteiger partial charge is 0.384 e. The summed E-state index contributed by atoms with van der Waals surface area (Å²) in [5.74, 6) is 1.38. The summed E-state index contributed by atoms with van der Waals surface area (Å²) in [5.41, 5.74) is 7.56. The van der Waals surface area contributed by atoms with Gasteiger partial charge in [0, 0.05) is 24.4 Å². The van der Waals surface area contributed by atoms with E-state index in [2.05, 4.69) is 15.5 Å². The Labute approximate surface area is 91.7 Å². The van der Waals surface area contributed by atoms with E-state index in [1.54, 1.807) is 16.0 Å². The van der Waals surface area contributed by atoms with Gasteiger partial charge in [-0.25, -0.2) is 4.98 Å². The van der Waals surface area contributed by atoms with Gasteiger partial charge >= 0.3 is 0 Å². The molecule has 2 heterocycles. The van der Waals surface area contributed by atoms with E-state index < -0.39 is 0 Å². The fraction of sp³-hybridized carbons (Fsp3) is 0.400. The molecule has 1 fully saturated rings. The van der Waals surface area contributed by atoms with Crippen LogP contribution in [-0.4, -0.2) is 14.8 Å². The number of anilines is 1. The van der Waals surface area contributed by atoms with Gasteiger partial charge in [0.05, 0.1) is 5.01 Å². The van der Waals surface area contributed by atoms with Crippen LogP contribution in [0.2, 0.25) is 0 Å². The first kappa shape index (κ1) is 8.91. The molecule has 0 atom stereocenters. The molecule has 0 saturated heterocycles. The Kier molecular flexibility index (Phi) is 1.82. The average molecular weight is 220 g/mol. The summed E-state index contributed by atoms with van der Waals surface area (Å²) in [7, 11) is 1.84. The standard InChI is InChI=1S/C10H12N4S/c1-14-9(11)4-7(13-14)8-5-15-10(12-8)6-2-3-6/h4-6H,2-3,11H2,1H3. The lowest BCUT2D eigenvalue weighted by Gasteiger charge is -1.89. The summed E-state index contributed by atoms with van der Waals surface area (Å²) in [5, 5.41) is 7.62. The van der Waals surface area contributed by atoms with Gasteiger partial charge < -0.3 is 5.73 Å². The third kappa shape index (κ3) is 1.52. The molecule has 1 saturated carbocycles. The number of hydrogen-bond donors (Lipinski definition) is 1. The van der Waals surface area contributed by atoms with Crippen LogP contribution in [0.4, 0.5) is 5.82 Å². The van der Waals surface area contributed by atoms with Crippen LogP contribution in [-0.2, 0) is 7.05 Å². The van der Waals surface area contributed by atoms with Crippen molar-refractivity contribution in [2.24, 2.45) is 7.05 Å². The zero-order valence-corrected chi connectivity index (χ0v) is 9.29. The van der Waals surface area contributed by atoms with Crippen molar-refractivity contribution in [3.8, 4) is 11.4 Å². The van der Waals surface area contributed by atoms with E-state index in [9.17, 15) is 0 Å². The van der Waals surface area contributed by atoms with Crippen molar-refractivity contribution in [1.29, 1.82) is 0 Å². The number of aromatic nitrogens is 3. The van der Waals surface area contributed by atoms with E-state index in [1.165, 1.54) is 17.8 Å². The molecular weight excluding hydrogens is 208 g/mol. The molecule has 0 unspecified atom stereocenters. The first-order chi connectivity index (χ1) is 7.24. The lowest BCUT2D eigenvalue weighted by atomic mass is 10.3. The molecule has 2 aromatic heterocycles. The van der Waals surface area contributed by atoms with Crippen LogP contribution in [0.3, 0.4) is 0 Å². The minimum absolute atomic E-state index is 0.672. The lowest BCUT2D eigenvalue weighted by molar-refractivity contribution is 0.781. The van der Waals surface area contributed by atoms with E-state index in [0.29, 0.717) is 11.7 Å². The number of hydrogen-bond acceptors (Lipinski definition) is 4. The van der Waals surface area contributed by atoms with Gasteiger partial charge in [-0.05, 0) is 12.8 Å². The second kappa shape index (κ2) is 3.06. The Bertz CT molecular complexity index is 476.